The number of hydrogen-bond acceptors (Lipinski definition) is 2. The van der Waals surface area contributed by atoms with Crippen LogP contribution in [0.5, 0.6) is 5.75 Å². The van der Waals surface area contributed by atoms with Gasteiger partial charge in [-0.3, -0.25) is 4.79 Å². The summed E-state index contributed by atoms with van der Waals surface area (Å²) in [4.78, 5) is 11.5. The van der Waals surface area contributed by atoms with E-state index >= 15 is 0 Å². The number of fused-ring (bicyclic) bond motifs is 1. The first-order valence-electron chi connectivity index (χ1n) is 4.27. The van der Waals surface area contributed by atoms with Crippen LogP contribution in [0.3, 0.4) is 0 Å². The molecule has 0 saturated heterocycles. The first-order chi connectivity index (χ1) is 6.58. The molecule has 1 aromatic rings. The lowest BCUT2D eigenvalue weighted by Crippen LogP contribution is -2.24. The van der Waals surface area contributed by atoms with Gasteiger partial charge in [-0.05, 0) is 19.1 Å². The fraction of sp³-hybridized carbons (Fsp3) is 0.300. The Hall–Kier alpha value is -1.09. The maximum absolute atomic E-state index is 13.3. The zero-order chi connectivity index (χ0) is 10.3. The maximum Gasteiger partial charge on any atom is 0.170 e. The Morgan fingerprint density at radius 3 is 3.00 bits per heavy atom. The lowest BCUT2D eigenvalue weighted by Gasteiger charge is -2.22. The molecule has 2 rings (SSSR count). The molecule has 0 saturated carbocycles. The molecule has 0 spiro atoms. The van der Waals surface area contributed by atoms with Crippen molar-refractivity contribution in [1.82, 2.24) is 0 Å². The first kappa shape index (κ1) is 9.46. The van der Waals surface area contributed by atoms with Crippen LogP contribution >= 0.6 is 11.6 Å². The molecular formula is C10H8ClFO2. The predicted octanol–water partition coefficient (Wildman–Crippen LogP) is 2.83. The van der Waals surface area contributed by atoms with Crippen LogP contribution in [0.25, 0.3) is 0 Å². The van der Waals surface area contributed by atoms with E-state index in [9.17, 15) is 9.18 Å². The lowest BCUT2D eigenvalue weighted by atomic mass is 10.0. The maximum atomic E-state index is 13.3. The molecule has 14 heavy (non-hydrogen) atoms. The zero-order valence-electron chi connectivity index (χ0n) is 7.51. The summed E-state index contributed by atoms with van der Waals surface area (Å²) in [5.41, 5.74) is 0.244. The predicted molar refractivity (Wildman–Crippen MR) is 50.4 cm³/mol. The van der Waals surface area contributed by atoms with Crippen molar-refractivity contribution in [3.63, 3.8) is 0 Å². The van der Waals surface area contributed by atoms with Crippen LogP contribution in [0.15, 0.2) is 12.1 Å². The number of carbonyl (C=O) groups is 1. The van der Waals surface area contributed by atoms with Gasteiger partial charge in [0, 0.05) is 11.4 Å². The van der Waals surface area contributed by atoms with Gasteiger partial charge in [0.1, 0.15) is 6.10 Å². The molecule has 0 radical (unpaired) electrons. The van der Waals surface area contributed by atoms with Gasteiger partial charge in [-0.1, -0.05) is 11.6 Å². The molecule has 0 aromatic heterocycles. The molecule has 0 fully saturated rings. The van der Waals surface area contributed by atoms with Gasteiger partial charge in [0.05, 0.1) is 5.56 Å². The Morgan fingerprint density at radius 2 is 2.29 bits per heavy atom. The number of halogens is 2. The fourth-order valence-electron chi connectivity index (χ4n) is 1.50. The highest BCUT2D eigenvalue weighted by atomic mass is 35.5. The van der Waals surface area contributed by atoms with E-state index in [-0.39, 0.29) is 34.6 Å². The second-order valence-electron chi connectivity index (χ2n) is 3.32. The van der Waals surface area contributed by atoms with Gasteiger partial charge < -0.3 is 4.74 Å². The summed E-state index contributed by atoms with van der Waals surface area (Å²) in [6.07, 6.45) is -0.00191. The molecule has 0 amide bonds. The zero-order valence-corrected chi connectivity index (χ0v) is 8.27. The highest BCUT2D eigenvalue weighted by Crippen LogP contribution is 2.32. The molecule has 1 aliphatic heterocycles. The third kappa shape index (κ3) is 1.48. The smallest absolute Gasteiger partial charge is 0.170 e. The minimum atomic E-state index is -0.576. The standard InChI is InChI=1S/C10H8ClFO2/c1-5-2-9(13)7-3-6(11)4-8(12)10(7)14-5/h3-5H,2H2,1H3. The summed E-state index contributed by atoms with van der Waals surface area (Å²) in [5.74, 6) is -0.675. The van der Waals surface area contributed by atoms with Crippen molar-refractivity contribution in [2.24, 2.45) is 0 Å². The van der Waals surface area contributed by atoms with Crippen molar-refractivity contribution in [2.45, 2.75) is 19.4 Å². The summed E-state index contributed by atoms with van der Waals surface area (Å²) >= 11 is 5.64. The molecule has 0 aliphatic carbocycles. The van der Waals surface area contributed by atoms with E-state index in [4.69, 9.17) is 16.3 Å². The number of ether oxygens (including phenoxy) is 1. The average Bonchev–Trinajstić information content (AvgIpc) is 2.07. The van der Waals surface area contributed by atoms with Crippen molar-refractivity contribution in [3.8, 4) is 5.75 Å². The molecule has 1 atom stereocenters. The summed E-state index contributed by atoms with van der Waals surface area (Å²) in [5, 5.41) is 0.216. The summed E-state index contributed by atoms with van der Waals surface area (Å²) in [7, 11) is 0. The number of ketones is 1. The molecule has 1 aliphatic rings. The van der Waals surface area contributed by atoms with Gasteiger partial charge in [0.15, 0.2) is 17.3 Å². The van der Waals surface area contributed by atoms with Crippen LogP contribution in [0.4, 0.5) is 4.39 Å². The molecule has 0 N–H and O–H groups in total. The van der Waals surface area contributed by atoms with Crippen LogP contribution in [-0.2, 0) is 0 Å². The minimum absolute atomic E-state index is 0.0261. The lowest BCUT2D eigenvalue weighted by molar-refractivity contribution is 0.0862. The monoisotopic (exact) mass is 214 g/mol. The van der Waals surface area contributed by atoms with Crippen LogP contribution in [-0.4, -0.2) is 11.9 Å². The highest BCUT2D eigenvalue weighted by molar-refractivity contribution is 6.31. The van der Waals surface area contributed by atoms with Crippen molar-refractivity contribution in [1.29, 1.82) is 0 Å². The second-order valence-corrected chi connectivity index (χ2v) is 3.76. The van der Waals surface area contributed by atoms with E-state index in [1.807, 2.05) is 0 Å². The van der Waals surface area contributed by atoms with Gasteiger partial charge in [-0.15, -0.1) is 0 Å². The molecular weight excluding hydrogens is 207 g/mol. The van der Waals surface area contributed by atoms with Gasteiger partial charge in [-0.25, -0.2) is 4.39 Å². The van der Waals surface area contributed by atoms with Gasteiger partial charge in [-0.2, -0.15) is 0 Å². The van der Waals surface area contributed by atoms with Gasteiger partial charge in [0.2, 0.25) is 0 Å². The first-order valence-corrected chi connectivity index (χ1v) is 4.64. The van der Waals surface area contributed by atoms with E-state index in [1.54, 1.807) is 6.92 Å². The highest BCUT2D eigenvalue weighted by Gasteiger charge is 2.26. The summed E-state index contributed by atoms with van der Waals surface area (Å²) < 4.78 is 18.6. The Balaban J connectivity index is 2.59. The molecule has 1 unspecified atom stereocenters. The number of hydrogen-bond donors (Lipinski definition) is 0. The van der Waals surface area contributed by atoms with Crippen LogP contribution in [0.2, 0.25) is 5.02 Å². The molecule has 2 nitrogen and oxygen atoms in total. The average molecular weight is 215 g/mol. The number of benzene rings is 1. The summed E-state index contributed by atoms with van der Waals surface area (Å²) in [6.45, 7) is 1.73. The Bertz CT molecular complexity index is 403. The van der Waals surface area contributed by atoms with E-state index in [1.165, 1.54) is 6.07 Å². The number of carbonyl (C=O) groups excluding carboxylic acids is 1. The van der Waals surface area contributed by atoms with Gasteiger partial charge in [0.25, 0.3) is 0 Å². The Kier molecular flexibility index (Phi) is 2.19. The number of Topliss-reactive ketones (excluding diaryl/α,β-unsaturated/α-hetero) is 1. The normalized spacial score (nSPS) is 20.2. The second kappa shape index (κ2) is 3.24. The van der Waals surface area contributed by atoms with E-state index in [0.717, 1.165) is 6.07 Å². The Labute approximate surface area is 85.6 Å². The third-order valence-corrected chi connectivity index (χ3v) is 2.32. The third-order valence-electron chi connectivity index (χ3n) is 2.10. The largest absolute Gasteiger partial charge is 0.486 e. The minimum Gasteiger partial charge on any atom is -0.486 e. The Morgan fingerprint density at radius 1 is 1.57 bits per heavy atom. The van der Waals surface area contributed by atoms with Crippen LogP contribution in [0.1, 0.15) is 23.7 Å². The number of rotatable bonds is 0. The molecule has 74 valence electrons. The van der Waals surface area contributed by atoms with Gasteiger partial charge >= 0.3 is 0 Å². The quantitative estimate of drug-likeness (QED) is 0.664. The molecule has 4 heteroatoms. The topological polar surface area (TPSA) is 26.3 Å². The molecule has 0 bridgehead atoms. The SMILES string of the molecule is CC1CC(=O)c2cc(Cl)cc(F)c2O1. The summed E-state index contributed by atoms with van der Waals surface area (Å²) in [6, 6.07) is 2.58. The molecule has 1 aromatic carbocycles. The fourth-order valence-corrected chi connectivity index (χ4v) is 1.71. The van der Waals surface area contributed by atoms with Crippen LogP contribution in [0, 0.1) is 5.82 Å². The van der Waals surface area contributed by atoms with Crippen molar-refractivity contribution in [2.75, 3.05) is 0 Å². The molecule has 1 heterocycles. The van der Waals surface area contributed by atoms with E-state index < -0.39 is 5.82 Å². The van der Waals surface area contributed by atoms with Crippen LogP contribution < -0.4 is 4.74 Å². The van der Waals surface area contributed by atoms with E-state index in [2.05, 4.69) is 0 Å². The van der Waals surface area contributed by atoms with Crippen molar-refractivity contribution >= 4 is 17.4 Å². The van der Waals surface area contributed by atoms with E-state index in [0.29, 0.717) is 0 Å². The van der Waals surface area contributed by atoms with Crippen molar-refractivity contribution in [3.05, 3.63) is 28.5 Å². The van der Waals surface area contributed by atoms with Crippen molar-refractivity contribution < 1.29 is 13.9 Å².